The predicted octanol–water partition coefficient (Wildman–Crippen LogP) is 2.72. The number of aryl methyl sites for hydroxylation is 2. The number of ether oxygens (including phenoxy) is 1. The Balaban J connectivity index is 1.91. The SMILES string of the molecule is Cc1nn(C)c2nc(-c3ccccc3)cc(C(=O)OC(C)C(=O)NC(=O)NC(C)C)c12. The van der Waals surface area contributed by atoms with Crippen molar-refractivity contribution in [1.82, 2.24) is 25.4 Å². The fraction of sp³-hybridized carbons (Fsp3) is 0.318. The third kappa shape index (κ3) is 4.88. The molecule has 0 bridgehead atoms. The molecule has 2 N–H and O–H groups in total. The maximum atomic E-state index is 13.0. The quantitative estimate of drug-likeness (QED) is 0.610. The van der Waals surface area contributed by atoms with Crippen LogP contribution in [0.3, 0.4) is 0 Å². The monoisotopic (exact) mass is 423 g/mol. The van der Waals surface area contributed by atoms with Crippen molar-refractivity contribution in [2.75, 3.05) is 0 Å². The molecule has 1 atom stereocenters. The summed E-state index contributed by atoms with van der Waals surface area (Å²) in [7, 11) is 1.75. The van der Waals surface area contributed by atoms with Crippen molar-refractivity contribution in [3.8, 4) is 11.3 Å². The molecule has 9 nitrogen and oxygen atoms in total. The van der Waals surface area contributed by atoms with Gasteiger partial charge in [0.05, 0.1) is 22.3 Å². The normalized spacial score (nSPS) is 11.9. The van der Waals surface area contributed by atoms with Gasteiger partial charge in [0.2, 0.25) is 0 Å². The van der Waals surface area contributed by atoms with Gasteiger partial charge < -0.3 is 10.1 Å². The van der Waals surface area contributed by atoms with Gasteiger partial charge in [-0.2, -0.15) is 5.10 Å². The zero-order valence-corrected chi connectivity index (χ0v) is 18.1. The molecule has 0 fully saturated rings. The average molecular weight is 423 g/mol. The van der Waals surface area contributed by atoms with E-state index in [9.17, 15) is 14.4 Å². The highest BCUT2D eigenvalue weighted by molar-refractivity contribution is 6.06. The molecule has 0 aliphatic carbocycles. The van der Waals surface area contributed by atoms with Crippen LogP contribution in [0.1, 0.15) is 36.8 Å². The molecule has 1 unspecified atom stereocenters. The second kappa shape index (κ2) is 8.95. The topological polar surface area (TPSA) is 115 Å². The molecule has 3 amide bonds. The molecule has 3 aromatic rings. The Labute approximate surface area is 179 Å². The number of nitrogens with zero attached hydrogens (tertiary/aromatic N) is 3. The van der Waals surface area contributed by atoms with Gasteiger partial charge in [-0.1, -0.05) is 30.3 Å². The first-order chi connectivity index (χ1) is 14.7. The van der Waals surface area contributed by atoms with Crippen molar-refractivity contribution in [3.05, 3.63) is 47.7 Å². The lowest BCUT2D eigenvalue weighted by Crippen LogP contribution is -2.46. The summed E-state index contributed by atoms with van der Waals surface area (Å²) in [6, 6.07) is 10.3. The van der Waals surface area contributed by atoms with Gasteiger partial charge in [-0.3, -0.25) is 14.8 Å². The lowest BCUT2D eigenvalue weighted by atomic mass is 10.1. The Morgan fingerprint density at radius 2 is 1.77 bits per heavy atom. The zero-order chi connectivity index (χ0) is 22.7. The van der Waals surface area contributed by atoms with E-state index in [1.807, 2.05) is 30.3 Å². The summed E-state index contributed by atoms with van der Waals surface area (Å²) in [6.45, 7) is 6.71. The second-order valence-corrected chi connectivity index (χ2v) is 7.49. The summed E-state index contributed by atoms with van der Waals surface area (Å²) in [4.78, 5) is 41.7. The van der Waals surface area contributed by atoms with Gasteiger partial charge in [0.15, 0.2) is 11.8 Å². The van der Waals surface area contributed by atoms with Gasteiger partial charge >= 0.3 is 12.0 Å². The standard InChI is InChI=1S/C22H25N5O4/c1-12(2)23-22(30)25-20(28)14(4)31-21(29)16-11-17(15-9-7-6-8-10-15)24-19-18(16)13(3)26-27(19)5/h6-12,14H,1-5H3,(H2,23,25,28,30). The fourth-order valence-corrected chi connectivity index (χ4v) is 3.15. The number of carbonyl (C=O) groups excluding carboxylic acids is 3. The van der Waals surface area contributed by atoms with Gasteiger partial charge in [-0.25, -0.2) is 14.6 Å². The lowest BCUT2D eigenvalue weighted by molar-refractivity contribution is -0.127. The summed E-state index contributed by atoms with van der Waals surface area (Å²) >= 11 is 0. The molecule has 9 heteroatoms. The average Bonchev–Trinajstić information content (AvgIpc) is 3.00. The first-order valence-electron chi connectivity index (χ1n) is 9.89. The van der Waals surface area contributed by atoms with Crippen molar-refractivity contribution in [2.45, 2.75) is 39.8 Å². The van der Waals surface area contributed by atoms with E-state index in [4.69, 9.17) is 4.74 Å². The van der Waals surface area contributed by atoms with Gasteiger partial charge in [0, 0.05) is 18.7 Å². The number of carbonyl (C=O) groups is 3. The molecule has 3 rings (SSSR count). The molecule has 0 aliphatic heterocycles. The van der Waals surface area contributed by atoms with E-state index in [2.05, 4.69) is 20.7 Å². The number of amides is 3. The molecular weight excluding hydrogens is 398 g/mol. The minimum absolute atomic E-state index is 0.138. The molecule has 2 heterocycles. The number of nitrogens with one attached hydrogen (secondary N) is 2. The molecule has 31 heavy (non-hydrogen) atoms. The Kier molecular flexibility index (Phi) is 6.33. The second-order valence-electron chi connectivity index (χ2n) is 7.49. The minimum Gasteiger partial charge on any atom is -0.449 e. The van der Waals surface area contributed by atoms with Crippen LogP contribution in [-0.2, 0) is 16.6 Å². The van der Waals surface area contributed by atoms with Crippen LogP contribution in [-0.4, -0.2) is 44.8 Å². The Bertz CT molecular complexity index is 1140. The molecule has 0 saturated heterocycles. The summed E-state index contributed by atoms with van der Waals surface area (Å²) in [6.07, 6.45) is -1.18. The molecule has 0 spiro atoms. The molecule has 0 aliphatic rings. The zero-order valence-electron chi connectivity index (χ0n) is 18.1. The van der Waals surface area contributed by atoms with E-state index in [-0.39, 0.29) is 11.6 Å². The van der Waals surface area contributed by atoms with Gasteiger partial charge in [0.1, 0.15) is 0 Å². The number of fused-ring (bicyclic) bond motifs is 1. The van der Waals surface area contributed by atoms with E-state index >= 15 is 0 Å². The number of imide groups is 1. The van der Waals surface area contributed by atoms with Crippen LogP contribution in [0, 0.1) is 6.92 Å². The third-order valence-corrected chi connectivity index (χ3v) is 4.57. The van der Waals surface area contributed by atoms with Crippen LogP contribution >= 0.6 is 0 Å². The number of aromatic nitrogens is 3. The van der Waals surface area contributed by atoms with Crippen molar-refractivity contribution in [2.24, 2.45) is 7.05 Å². The van der Waals surface area contributed by atoms with E-state index in [0.717, 1.165) is 5.56 Å². The van der Waals surface area contributed by atoms with Crippen molar-refractivity contribution >= 4 is 28.9 Å². The molecule has 0 radical (unpaired) electrons. The number of hydrogen-bond acceptors (Lipinski definition) is 6. The van der Waals surface area contributed by atoms with Gasteiger partial charge in [-0.05, 0) is 33.8 Å². The molecule has 162 valence electrons. The fourth-order valence-electron chi connectivity index (χ4n) is 3.15. The lowest BCUT2D eigenvalue weighted by Gasteiger charge is -2.15. The predicted molar refractivity (Wildman–Crippen MR) is 115 cm³/mol. The Hall–Kier alpha value is -3.75. The first-order valence-corrected chi connectivity index (χ1v) is 9.89. The van der Waals surface area contributed by atoms with Crippen LogP contribution in [0.15, 0.2) is 36.4 Å². The Morgan fingerprint density at radius 1 is 1.10 bits per heavy atom. The van der Waals surface area contributed by atoms with Crippen LogP contribution in [0.5, 0.6) is 0 Å². The summed E-state index contributed by atoms with van der Waals surface area (Å²) < 4.78 is 6.97. The number of benzene rings is 1. The molecule has 1 aromatic carbocycles. The number of hydrogen-bond donors (Lipinski definition) is 2. The maximum absolute atomic E-state index is 13.0. The number of rotatable bonds is 5. The van der Waals surface area contributed by atoms with Crippen LogP contribution in [0.4, 0.5) is 4.79 Å². The number of pyridine rings is 1. The van der Waals surface area contributed by atoms with E-state index in [0.29, 0.717) is 22.4 Å². The largest absolute Gasteiger partial charge is 0.449 e. The Morgan fingerprint density at radius 3 is 2.42 bits per heavy atom. The third-order valence-electron chi connectivity index (χ3n) is 4.57. The molecule has 2 aromatic heterocycles. The minimum atomic E-state index is -1.18. The smallest absolute Gasteiger partial charge is 0.339 e. The van der Waals surface area contributed by atoms with Crippen molar-refractivity contribution in [3.63, 3.8) is 0 Å². The van der Waals surface area contributed by atoms with E-state index in [1.54, 1.807) is 38.6 Å². The first kappa shape index (κ1) is 21.9. The maximum Gasteiger partial charge on any atom is 0.339 e. The van der Waals surface area contributed by atoms with Gasteiger partial charge in [0.25, 0.3) is 5.91 Å². The van der Waals surface area contributed by atoms with Crippen molar-refractivity contribution < 1.29 is 19.1 Å². The van der Waals surface area contributed by atoms with E-state index < -0.39 is 24.0 Å². The van der Waals surface area contributed by atoms with Gasteiger partial charge in [-0.15, -0.1) is 0 Å². The van der Waals surface area contributed by atoms with Crippen LogP contribution in [0.2, 0.25) is 0 Å². The summed E-state index contributed by atoms with van der Waals surface area (Å²) in [5, 5.41) is 9.62. The van der Waals surface area contributed by atoms with E-state index in [1.165, 1.54) is 6.92 Å². The highest BCUT2D eigenvalue weighted by Crippen LogP contribution is 2.27. The summed E-state index contributed by atoms with van der Waals surface area (Å²) in [5.41, 5.74) is 2.80. The van der Waals surface area contributed by atoms with Crippen LogP contribution in [0.25, 0.3) is 22.3 Å². The highest BCUT2D eigenvalue weighted by Gasteiger charge is 2.25. The highest BCUT2D eigenvalue weighted by atomic mass is 16.5. The van der Waals surface area contributed by atoms with Crippen molar-refractivity contribution in [1.29, 1.82) is 0 Å². The molecular formula is C22H25N5O4. The summed E-state index contributed by atoms with van der Waals surface area (Å²) in [5.74, 6) is -1.42. The number of esters is 1. The number of urea groups is 1. The molecule has 0 saturated carbocycles. The van der Waals surface area contributed by atoms with Crippen LogP contribution < -0.4 is 10.6 Å².